The van der Waals surface area contributed by atoms with Gasteiger partial charge in [0.05, 0.1) is 5.69 Å². The van der Waals surface area contributed by atoms with Crippen LogP contribution in [0.3, 0.4) is 0 Å². The number of ether oxygens (including phenoxy) is 1. The topological polar surface area (TPSA) is 47.0 Å². The first-order valence-electron chi connectivity index (χ1n) is 7.50. The van der Waals surface area contributed by atoms with Crippen LogP contribution in [-0.2, 0) is 11.3 Å². The van der Waals surface area contributed by atoms with Crippen molar-refractivity contribution in [1.82, 2.24) is 9.97 Å². The molecule has 2 aromatic rings. The maximum Gasteiger partial charge on any atom is 0.157 e. The highest BCUT2D eigenvalue weighted by Gasteiger charge is 2.08. The molecular weight excluding hydrogens is 262 g/mol. The molecule has 0 saturated heterocycles. The molecule has 0 atom stereocenters. The lowest BCUT2D eigenvalue weighted by Crippen LogP contribution is -2.07. The molecule has 4 heteroatoms. The summed E-state index contributed by atoms with van der Waals surface area (Å²) >= 11 is 0. The van der Waals surface area contributed by atoms with E-state index >= 15 is 0 Å². The van der Waals surface area contributed by atoms with Crippen molar-refractivity contribution in [2.24, 2.45) is 0 Å². The Labute approximate surface area is 126 Å². The SMILES string of the molecule is CCCNc1cc(-c2ccccc2C)nc(COCC)n1. The highest BCUT2D eigenvalue weighted by Crippen LogP contribution is 2.23. The summed E-state index contributed by atoms with van der Waals surface area (Å²) in [5.74, 6) is 1.58. The van der Waals surface area contributed by atoms with Gasteiger partial charge in [0.2, 0.25) is 0 Å². The Kier molecular flexibility index (Phi) is 5.69. The smallest absolute Gasteiger partial charge is 0.157 e. The molecule has 21 heavy (non-hydrogen) atoms. The van der Waals surface area contributed by atoms with Gasteiger partial charge in [-0.25, -0.2) is 9.97 Å². The van der Waals surface area contributed by atoms with Crippen molar-refractivity contribution in [2.75, 3.05) is 18.5 Å². The maximum atomic E-state index is 5.45. The predicted molar refractivity (Wildman–Crippen MR) is 86.3 cm³/mol. The van der Waals surface area contributed by atoms with E-state index in [1.54, 1.807) is 0 Å². The van der Waals surface area contributed by atoms with Crippen LogP contribution in [0.4, 0.5) is 5.82 Å². The van der Waals surface area contributed by atoms with Crippen LogP contribution in [0.2, 0.25) is 0 Å². The van der Waals surface area contributed by atoms with Gasteiger partial charge in [0.15, 0.2) is 5.82 Å². The summed E-state index contributed by atoms with van der Waals surface area (Å²) in [6.07, 6.45) is 1.06. The van der Waals surface area contributed by atoms with Gasteiger partial charge in [-0.05, 0) is 25.8 Å². The average molecular weight is 285 g/mol. The monoisotopic (exact) mass is 285 g/mol. The molecule has 2 rings (SSSR count). The molecule has 112 valence electrons. The van der Waals surface area contributed by atoms with Crippen LogP contribution in [0, 0.1) is 6.92 Å². The van der Waals surface area contributed by atoms with Crippen molar-refractivity contribution in [2.45, 2.75) is 33.8 Å². The number of aryl methyl sites for hydroxylation is 1. The van der Waals surface area contributed by atoms with Gasteiger partial charge in [-0.3, -0.25) is 0 Å². The van der Waals surface area contributed by atoms with Crippen LogP contribution in [0.5, 0.6) is 0 Å². The van der Waals surface area contributed by atoms with Crippen molar-refractivity contribution in [3.8, 4) is 11.3 Å². The van der Waals surface area contributed by atoms with Crippen LogP contribution in [-0.4, -0.2) is 23.1 Å². The lowest BCUT2D eigenvalue weighted by molar-refractivity contribution is 0.128. The van der Waals surface area contributed by atoms with E-state index in [1.165, 1.54) is 5.56 Å². The second-order valence-electron chi connectivity index (χ2n) is 4.93. The zero-order valence-electron chi connectivity index (χ0n) is 13.0. The van der Waals surface area contributed by atoms with Crippen LogP contribution in [0.25, 0.3) is 11.3 Å². The van der Waals surface area contributed by atoms with E-state index in [0.717, 1.165) is 35.9 Å². The quantitative estimate of drug-likeness (QED) is 0.840. The molecule has 0 radical (unpaired) electrons. The molecule has 1 aromatic heterocycles. The lowest BCUT2D eigenvalue weighted by atomic mass is 10.1. The van der Waals surface area contributed by atoms with Crippen molar-refractivity contribution in [1.29, 1.82) is 0 Å². The number of aromatic nitrogens is 2. The maximum absolute atomic E-state index is 5.45. The molecular formula is C17H23N3O. The Morgan fingerprint density at radius 3 is 2.67 bits per heavy atom. The summed E-state index contributed by atoms with van der Waals surface area (Å²) in [7, 11) is 0. The summed E-state index contributed by atoms with van der Waals surface area (Å²) in [6, 6.07) is 10.3. The van der Waals surface area contributed by atoms with E-state index in [2.05, 4.69) is 41.3 Å². The number of rotatable bonds is 7. The first-order valence-corrected chi connectivity index (χ1v) is 7.50. The van der Waals surface area contributed by atoms with E-state index < -0.39 is 0 Å². The molecule has 0 aliphatic heterocycles. The molecule has 1 heterocycles. The molecule has 0 unspecified atom stereocenters. The number of hydrogen-bond donors (Lipinski definition) is 1. The normalized spacial score (nSPS) is 10.6. The number of nitrogens with zero attached hydrogens (tertiary/aromatic N) is 2. The molecule has 0 fully saturated rings. The highest BCUT2D eigenvalue weighted by atomic mass is 16.5. The minimum atomic E-state index is 0.441. The Balaban J connectivity index is 2.36. The highest BCUT2D eigenvalue weighted by molar-refractivity contribution is 5.65. The first-order chi connectivity index (χ1) is 10.2. The van der Waals surface area contributed by atoms with Gasteiger partial charge >= 0.3 is 0 Å². The first kappa shape index (κ1) is 15.4. The summed E-state index contributed by atoms with van der Waals surface area (Å²) < 4.78 is 5.45. The molecule has 0 spiro atoms. The second-order valence-corrected chi connectivity index (χ2v) is 4.93. The molecule has 0 bridgehead atoms. The van der Waals surface area contributed by atoms with Crippen LogP contribution in [0.1, 0.15) is 31.7 Å². The molecule has 0 aliphatic rings. The molecule has 1 N–H and O–H groups in total. The largest absolute Gasteiger partial charge is 0.374 e. The Bertz CT molecular complexity index is 558. The minimum Gasteiger partial charge on any atom is -0.374 e. The van der Waals surface area contributed by atoms with Gasteiger partial charge in [0.1, 0.15) is 12.4 Å². The van der Waals surface area contributed by atoms with Gasteiger partial charge in [-0.1, -0.05) is 31.2 Å². The Morgan fingerprint density at radius 2 is 1.95 bits per heavy atom. The predicted octanol–water partition coefficient (Wildman–Crippen LogP) is 3.81. The number of hydrogen-bond acceptors (Lipinski definition) is 4. The number of anilines is 1. The zero-order valence-corrected chi connectivity index (χ0v) is 13.0. The van der Waals surface area contributed by atoms with E-state index in [9.17, 15) is 0 Å². The van der Waals surface area contributed by atoms with Crippen LogP contribution < -0.4 is 5.32 Å². The fourth-order valence-corrected chi connectivity index (χ4v) is 2.10. The van der Waals surface area contributed by atoms with Crippen LogP contribution >= 0.6 is 0 Å². The zero-order chi connectivity index (χ0) is 15.1. The number of benzene rings is 1. The van der Waals surface area contributed by atoms with Gasteiger partial charge in [-0.15, -0.1) is 0 Å². The summed E-state index contributed by atoms with van der Waals surface area (Å²) in [6.45, 7) is 8.21. The summed E-state index contributed by atoms with van der Waals surface area (Å²) in [5, 5.41) is 3.33. The van der Waals surface area contributed by atoms with Crippen molar-refractivity contribution in [3.63, 3.8) is 0 Å². The third-order valence-electron chi connectivity index (χ3n) is 3.18. The number of nitrogens with one attached hydrogen (secondary N) is 1. The van der Waals surface area contributed by atoms with E-state index in [1.807, 2.05) is 25.1 Å². The third kappa shape index (κ3) is 4.26. The third-order valence-corrected chi connectivity index (χ3v) is 3.18. The lowest BCUT2D eigenvalue weighted by Gasteiger charge is -2.11. The van der Waals surface area contributed by atoms with Gasteiger partial charge < -0.3 is 10.1 Å². The Hall–Kier alpha value is -1.94. The van der Waals surface area contributed by atoms with Crippen molar-refractivity contribution >= 4 is 5.82 Å². The van der Waals surface area contributed by atoms with Gasteiger partial charge in [0.25, 0.3) is 0 Å². The molecule has 0 saturated carbocycles. The van der Waals surface area contributed by atoms with E-state index in [4.69, 9.17) is 4.74 Å². The van der Waals surface area contributed by atoms with Crippen molar-refractivity contribution < 1.29 is 4.74 Å². The summed E-state index contributed by atoms with van der Waals surface area (Å²) in [5.41, 5.74) is 3.29. The van der Waals surface area contributed by atoms with Crippen molar-refractivity contribution in [3.05, 3.63) is 41.7 Å². The van der Waals surface area contributed by atoms with E-state index in [-0.39, 0.29) is 0 Å². The van der Waals surface area contributed by atoms with E-state index in [0.29, 0.717) is 13.2 Å². The Morgan fingerprint density at radius 1 is 1.14 bits per heavy atom. The second kappa shape index (κ2) is 7.74. The minimum absolute atomic E-state index is 0.441. The molecule has 1 aromatic carbocycles. The molecule has 4 nitrogen and oxygen atoms in total. The van der Waals surface area contributed by atoms with Gasteiger partial charge in [-0.2, -0.15) is 0 Å². The fourth-order valence-electron chi connectivity index (χ4n) is 2.10. The molecule has 0 aliphatic carbocycles. The standard InChI is InChI=1S/C17H23N3O/c1-4-10-18-16-11-15(14-9-7-6-8-13(14)3)19-17(20-16)12-21-5-2/h6-9,11H,4-5,10,12H2,1-3H3,(H,18,19,20). The summed E-state index contributed by atoms with van der Waals surface area (Å²) in [4.78, 5) is 9.15. The van der Waals surface area contributed by atoms with Gasteiger partial charge in [0, 0.05) is 24.8 Å². The van der Waals surface area contributed by atoms with Crippen LogP contribution in [0.15, 0.2) is 30.3 Å². The average Bonchev–Trinajstić information content (AvgIpc) is 2.51. The fraction of sp³-hybridized carbons (Fsp3) is 0.412. The molecule has 0 amide bonds.